The number of hydrogen-bond donors (Lipinski definition) is 1. The summed E-state index contributed by atoms with van der Waals surface area (Å²) >= 11 is 0. The van der Waals surface area contributed by atoms with Gasteiger partial charge in [0.15, 0.2) is 0 Å². The molecule has 2 heterocycles. The molecule has 3 aliphatic rings. The summed E-state index contributed by atoms with van der Waals surface area (Å²) in [4.78, 5) is 33.6. The third kappa shape index (κ3) is 3.71. The van der Waals surface area contributed by atoms with Crippen LogP contribution in [0.2, 0.25) is 0 Å². The second-order valence-corrected chi connectivity index (χ2v) is 8.27. The lowest BCUT2D eigenvalue weighted by molar-refractivity contribution is -0.132. The zero-order chi connectivity index (χ0) is 19.8. The molecular formula is C23H26N4O2. The van der Waals surface area contributed by atoms with Gasteiger partial charge >= 0.3 is 0 Å². The smallest absolute Gasteiger partial charge is 0.233 e. The summed E-state index contributed by atoms with van der Waals surface area (Å²) < 4.78 is 0. The van der Waals surface area contributed by atoms with E-state index in [1.165, 1.54) is 5.56 Å². The highest BCUT2D eigenvalue weighted by Crippen LogP contribution is 2.34. The lowest BCUT2D eigenvalue weighted by Crippen LogP contribution is -2.49. The first-order chi connectivity index (χ1) is 14.2. The van der Waals surface area contributed by atoms with E-state index in [1.807, 2.05) is 35.4 Å². The Bertz CT molecular complexity index is 915. The van der Waals surface area contributed by atoms with Crippen LogP contribution in [-0.4, -0.2) is 47.9 Å². The average molecular weight is 390 g/mol. The number of pyridine rings is 1. The molecule has 1 aromatic carbocycles. The van der Waals surface area contributed by atoms with Crippen molar-refractivity contribution in [2.45, 2.75) is 31.6 Å². The van der Waals surface area contributed by atoms with E-state index in [-0.39, 0.29) is 17.7 Å². The van der Waals surface area contributed by atoms with Gasteiger partial charge in [0.05, 0.1) is 17.8 Å². The van der Waals surface area contributed by atoms with Crippen LogP contribution in [0.25, 0.3) is 0 Å². The third-order valence-corrected chi connectivity index (χ3v) is 6.33. The fourth-order valence-electron chi connectivity index (χ4n) is 4.46. The van der Waals surface area contributed by atoms with Gasteiger partial charge in [-0.1, -0.05) is 24.3 Å². The minimum absolute atomic E-state index is 0.0161. The van der Waals surface area contributed by atoms with Gasteiger partial charge in [0.1, 0.15) is 5.82 Å². The number of hydrogen-bond acceptors (Lipinski definition) is 4. The molecule has 1 saturated heterocycles. The van der Waals surface area contributed by atoms with Crippen molar-refractivity contribution in [2.24, 2.45) is 5.92 Å². The van der Waals surface area contributed by atoms with Gasteiger partial charge in [0.2, 0.25) is 11.8 Å². The number of anilines is 2. The molecule has 2 amide bonds. The van der Waals surface area contributed by atoms with E-state index in [1.54, 1.807) is 0 Å². The maximum Gasteiger partial charge on any atom is 0.233 e. The van der Waals surface area contributed by atoms with Crippen LogP contribution in [0.4, 0.5) is 11.5 Å². The lowest BCUT2D eigenvalue weighted by atomic mass is 10.0. The molecule has 2 aliphatic carbocycles. The number of fused-ring (bicyclic) bond motifs is 1. The molecule has 0 spiro atoms. The van der Waals surface area contributed by atoms with Crippen LogP contribution in [0.3, 0.4) is 0 Å². The zero-order valence-corrected chi connectivity index (χ0v) is 16.5. The van der Waals surface area contributed by atoms with Gasteiger partial charge in [-0.25, -0.2) is 4.98 Å². The van der Waals surface area contributed by atoms with Crippen LogP contribution in [0, 0.1) is 5.92 Å². The summed E-state index contributed by atoms with van der Waals surface area (Å²) in [6, 6.07) is 12.1. The number of aryl methyl sites for hydroxylation is 1. The Morgan fingerprint density at radius 2 is 1.76 bits per heavy atom. The number of carbonyl (C=O) groups is 2. The number of piperazine rings is 1. The molecular weight excluding hydrogens is 364 g/mol. The third-order valence-electron chi connectivity index (χ3n) is 6.33. The Kier molecular flexibility index (Phi) is 4.70. The quantitative estimate of drug-likeness (QED) is 0.872. The normalized spacial score (nSPS) is 21.0. The van der Waals surface area contributed by atoms with Crippen molar-refractivity contribution in [2.75, 3.05) is 36.4 Å². The Hall–Kier alpha value is -2.89. The molecule has 0 unspecified atom stereocenters. The van der Waals surface area contributed by atoms with Gasteiger partial charge in [0, 0.05) is 32.1 Å². The first kappa shape index (κ1) is 18.2. The summed E-state index contributed by atoms with van der Waals surface area (Å²) in [7, 11) is 0. The second kappa shape index (κ2) is 7.50. The number of carbonyl (C=O) groups excluding carboxylic acids is 2. The maximum absolute atomic E-state index is 12.7. The van der Waals surface area contributed by atoms with Gasteiger partial charge in [-0.3, -0.25) is 9.59 Å². The van der Waals surface area contributed by atoms with E-state index in [2.05, 4.69) is 27.3 Å². The summed E-state index contributed by atoms with van der Waals surface area (Å²) in [6.07, 6.45) is 5.74. The fraction of sp³-hybridized carbons (Fsp3) is 0.435. The van der Waals surface area contributed by atoms with E-state index < -0.39 is 0 Å². The van der Waals surface area contributed by atoms with E-state index in [0.29, 0.717) is 11.7 Å². The number of nitrogens with zero attached hydrogens (tertiary/aromatic N) is 3. The molecule has 0 radical (unpaired) electrons. The van der Waals surface area contributed by atoms with Crippen LogP contribution < -0.4 is 10.2 Å². The molecule has 1 atom stereocenters. The number of benzene rings is 1. The highest BCUT2D eigenvalue weighted by Gasteiger charge is 2.34. The fourth-order valence-corrected chi connectivity index (χ4v) is 4.46. The summed E-state index contributed by atoms with van der Waals surface area (Å²) in [6.45, 7) is 3.19. The Morgan fingerprint density at radius 1 is 0.966 bits per heavy atom. The molecule has 6 nitrogen and oxygen atoms in total. The monoisotopic (exact) mass is 390 g/mol. The Balaban J connectivity index is 1.18. The minimum atomic E-state index is -0.0928. The van der Waals surface area contributed by atoms with Gasteiger partial charge in [0.25, 0.3) is 0 Å². The van der Waals surface area contributed by atoms with Crippen LogP contribution in [0.5, 0.6) is 0 Å². The molecule has 1 saturated carbocycles. The molecule has 150 valence electrons. The van der Waals surface area contributed by atoms with Crippen molar-refractivity contribution < 1.29 is 9.59 Å². The van der Waals surface area contributed by atoms with E-state index in [4.69, 9.17) is 0 Å². The molecule has 0 bridgehead atoms. The molecule has 2 fully saturated rings. The predicted octanol–water partition coefficient (Wildman–Crippen LogP) is 2.81. The van der Waals surface area contributed by atoms with Crippen LogP contribution >= 0.6 is 0 Å². The Labute approximate surface area is 170 Å². The first-order valence-electron chi connectivity index (χ1n) is 10.6. The SMILES string of the molecule is O=C(Nc1ccc(N2CCN(C(=O)C3CC3)CC2)cn1)[C@@H]1CCc2ccccc21. The minimum Gasteiger partial charge on any atom is -0.367 e. The van der Waals surface area contributed by atoms with Crippen molar-refractivity contribution in [3.8, 4) is 0 Å². The molecule has 1 aromatic heterocycles. The largest absolute Gasteiger partial charge is 0.367 e. The summed E-state index contributed by atoms with van der Waals surface area (Å²) in [5, 5.41) is 2.97. The van der Waals surface area contributed by atoms with E-state index in [9.17, 15) is 9.59 Å². The number of rotatable bonds is 4. The zero-order valence-electron chi connectivity index (χ0n) is 16.5. The van der Waals surface area contributed by atoms with Gasteiger partial charge in [-0.05, 0) is 48.9 Å². The van der Waals surface area contributed by atoms with Crippen molar-refractivity contribution in [3.63, 3.8) is 0 Å². The van der Waals surface area contributed by atoms with Crippen molar-refractivity contribution in [1.82, 2.24) is 9.88 Å². The predicted molar refractivity (Wildman–Crippen MR) is 112 cm³/mol. The van der Waals surface area contributed by atoms with Crippen LogP contribution in [0.15, 0.2) is 42.6 Å². The second-order valence-electron chi connectivity index (χ2n) is 8.27. The molecule has 6 heteroatoms. The number of nitrogens with one attached hydrogen (secondary N) is 1. The Morgan fingerprint density at radius 3 is 2.48 bits per heavy atom. The topological polar surface area (TPSA) is 65.5 Å². The first-order valence-corrected chi connectivity index (χ1v) is 10.6. The van der Waals surface area contributed by atoms with E-state index in [0.717, 1.165) is 63.1 Å². The van der Waals surface area contributed by atoms with Gasteiger partial charge < -0.3 is 15.1 Å². The molecule has 1 aliphatic heterocycles. The highest BCUT2D eigenvalue weighted by molar-refractivity contribution is 5.96. The van der Waals surface area contributed by atoms with Crippen molar-refractivity contribution >= 4 is 23.3 Å². The molecule has 1 N–H and O–H groups in total. The summed E-state index contributed by atoms with van der Waals surface area (Å²) in [5.74, 6) is 1.13. The molecule has 2 aromatic rings. The summed E-state index contributed by atoms with van der Waals surface area (Å²) in [5.41, 5.74) is 3.45. The lowest BCUT2D eigenvalue weighted by Gasteiger charge is -2.36. The van der Waals surface area contributed by atoms with Gasteiger partial charge in [-0.2, -0.15) is 0 Å². The van der Waals surface area contributed by atoms with Crippen molar-refractivity contribution in [1.29, 1.82) is 0 Å². The highest BCUT2D eigenvalue weighted by atomic mass is 16.2. The average Bonchev–Trinajstić information content (AvgIpc) is 3.52. The van der Waals surface area contributed by atoms with Crippen molar-refractivity contribution in [3.05, 3.63) is 53.7 Å². The maximum atomic E-state index is 12.7. The van der Waals surface area contributed by atoms with Crippen LogP contribution in [-0.2, 0) is 16.0 Å². The van der Waals surface area contributed by atoms with Crippen LogP contribution in [0.1, 0.15) is 36.3 Å². The standard InChI is InChI=1S/C23H26N4O2/c28-22(20-9-7-16-3-1-2-4-19(16)20)25-21-10-8-18(15-24-21)26-11-13-27(14-12-26)23(29)17-5-6-17/h1-4,8,10,15,17,20H,5-7,9,11-14H2,(H,24,25,28)/t20-/m1/s1. The van der Waals surface area contributed by atoms with Gasteiger partial charge in [-0.15, -0.1) is 0 Å². The number of aromatic nitrogens is 1. The van der Waals surface area contributed by atoms with E-state index >= 15 is 0 Å². The molecule has 5 rings (SSSR count). The number of amides is 2. The molecule has 29 heavy (non-hydrogen) atoms.